The molecule has 0 aliphatic heterocycles. The van der Waals surface area contributed by atoms with E-state index in [1.807, 2.05) is 0 Å². The molecule has 4 fully saturated rings. The maximum atomic E-state index is 13.4. The summed E-state index contributed by atoms with van der Waals surface area (Å²) in [7, 11) is 16.3. The average molecular weight is 1430 g/mol. The van der Waals surface area contributed by atoms with Crippen LogP contribution in [0, 0.1) is 29.1 Å². The minimum atomic E-state index is -1.26. The van der Waals surface area contributed by atoms with Crippen molar-refractivity contribution in [3.8, 4) is 69.0 Å². The van der Waals surface area contributed by atoms with Gasteiger partial charge in [0, 0.05) is 0 Å². The summed E-state index contributed by atoms with van der Waals surface area (Å²) in [4.78, 5) is 146. The molecule has 4 aromatic rings. The number of carbonyl (C=O) groups is 8. The smallest absolute Gasteiger partial charge is 0.493 e. The fraction of sp³-hybridized carbons (Fsp3) is 0.536. The quantitative estimate of drug-likeness (QED) is 0.0272. The summed E-state index contributed by atoms with van der Waals surface area (Å²) in [5, 5.41) is 0. The predicted octanol–water partition coefficient (Wildman–Crippen LogP) is 12.0. The first-order chi connectivity index (χ1) is 48.8. The fourth-order valence-electron chi connectivity index (χ4n) is 14.9. The predicted molar refractivity (Wildman–Crippen MR) is 342 cm³/mol. The van der Waals surface area contributed by atoms with E-state index >= 15 is 0 Å². The molecule has 0 amide bonds. The van der Waals surface area contributed by atoms with E-state index in [0.29, 0.717) is 103 Å². The molecule has 0 aromatic heterocycles. The molecule has 0 unspecified atom stereocenters. The van der Waals surface area contributed by atoms with E-state index in [9.17, 15) is 38.4 Å². The zero-order valence-corrected chi connectivity index (χ0v) is 58.1. The van der Waals surface area contributed by atoms with Crippen molar-refractivity contribution in [3.63, 3.8) is 0 Å². The highest BCUT2D eigenvalue weighted by Crippen LogP contribution is 2.64. The van der Waals surface area contributed by atoms with Gasteiger partial charge in [-0.2, -0.15) is 19.2 Å². The average Bonchev–Trinajstić information content (AvgIpc) is 0.731. The van der Waals surface area contributed by atoms with Gasteiger partial charge in [0.25, 0.3) is 0 Å². The fourth-order valence-corrected chi connectivity index (χ4v) is 14.9. The molecule has 4 aliphatic carbocycles. The van der Waals surface area contributed by atoms with Crippen molar-refractivity contribution >= 4 is 48.5 Å². The van der Waals surface area contributed by atoms with Gasteiger partial charge in [-0.25, -0.2) is 58.3 Å². The molecule has 0 N–H and O–H groups in total. The molecule has 0 bridgehead atoms. The van der Waals surface area contributed by atoms with Crippen LogP contribution in [0.2, 0.25) is 0 Å². The largest absolute Gasteiger partial charge is 0.550 e. The Hall–Kier alpha value is -10.6. The topological polar surface area (TPSA) is 358 Å². The monoisotopic (exact) mass is 1420 g/mol. The van der Waals surface area contributed by atoms with E-state index in [-0.39, 0.29) is 115 Å². The number of ether oxygens (including phenoxy) is 16. The standard InChI is InChI=1S/C69H84O32/c1-78-49-33-29-45(53(82-5)57(49)86-9)61(70)94-98-65(74)90-41-21-13-37(14-22-41)69(38-15-23-42(24-16-38)91-66(75)99-95-62(71)46-30-34-50(79-2)58(87-10)54(46)83-6,39-17-25-43(26-18-39)92-67(76)100-96-63(72)47-31-35-51(80-3)59(88-11)55(47)84-7)40-19-27-44(28-20-40)93-68(77)101-97-64(73)48-32-36-52(81-4)60(89-12)56(48)85-8/h29-44H,13-28H2,1-12H3. The van der Waals surface area contributed by atoms with E-state index in [2.05, 4.69) is 0 Å². The Morgan fingerprint density at radius 1 is 0.238 bits per heavy atom. The molecule has 552 valence electrons. The van der Waals surface area contributed by atoms with Crippen LogP contribution in [0.4, 0.5) is 19.2 Å². The van der Waals surface area contributed by atoms with E-state index in [1.54, 1.807) is 0 Å². The van der Waals surface area contributed by atoms with E-state index < -0.39 is 78.3 Å². The molecule has 101 heavy (non-hydrogen) atoms. The second-order valence-electron chi connectivity index (χ2n) is 23.7. The van der Waals surface area contributed by atoms with Gasteiger partial charge in [-0.1, -0.05) is 0 Å². The number of methoxy groups -OCH3 is 12. The number of benzene rings is 4. The van der Waals surface area contributed by atoms with Crippen molar-refractivity contribution in [3.05, 3.63) is 70.8 Å². The van der Waals surface area contributed by atoms with Gasteiger partial charge in [0.1, 0.15) is 46.7 Å². The highest BCUT2D eigenvalue weighted by molar-refractivity contribution is 5.96. The highest BCUT2D eigenvalue weighted by Gasteiger charge is 2.57. The molecule has 0 saturated heterocycles. The maximum absolute atomic E-state index is 13.4. The third-order valence-electron chi connectivity index (χ3n) is 19.0. The first-order valence-electron chi connectivity index (χ1n) is 32.4. The molecular weight excluding hydrogens is 1340 g/mol. The zero-order valence-electron chi connectivity index (χ0n) is 58.1. The summed E-state index contributed by atoms with van der Waals surface area (Å²) in [6, 6.07) is 11.2. The van der Waals surface area contributed by atoms with Crippen molar-refractivity contribution in [2.45, 2.75) is 127 Å². The molecule has 4 aliphatic rings. The Labute approximate surface area is 581 Å². The van der Waals surface area contributed by atoms with Gasteiger partial charge >= 0.3 is 48.5 Å². The van der Waals surface area contributed by atoms with Crippen LogP contribution < -0.4 is 56.8 Å². The van der Waals surface area contributed by atoms with Crippen LogP contribution in [-0.4, -0.2) is 158 Å². The third kappa shape index (κ3) is 17.5. The molecule has 4 saturated carbocycles. The van der Waals surface area contributed by atoms with Crippen LogP contribution in [0.5, 0.6) is 69.0 Å². The van der Waals surface area contributed by atoms with E-state index in [4.69, 9.17) is 115 Å². The third-order valence-corrected chi connectivity index (χ3v) is 19.0. The molecular formula is C69H84O32. The SMILES string of the molecule is COc1ccc(C(=O)OOC(=O)OC2CCC(C(C3CCC(OC(=O)OOC(=O)c4ccc(OC)c(OC)c4OC)CC3)(C3CCC(OC(=O)OOC(=O)c4ccc(OC)c(OC)c4OC)CC3)C3CCC(OC(=O)OOC(=O)c4ccc(OC)c(OC)c4OC)CC3)CC2)c(OC)c1OC. The van der Waals surface area contributed by atoms with Gasteiger partial charge < -0.3 is 75.8 Å². The number of rotatable bonds is 24. The van der Waals surface area contributed by atoms with Crippen LogP contribution in [0.25, 0.3) is 0 Å². The Kier molecular flexibility index (Phi) is 27.1. The van der Waals surface area contributed by atoms with Crippen molar-refractivity contribution in [1.82, 2.24) is 0 Å². The molecule has 8 rings (SSSR count). The Balaban J connectivity index is 1.01. The first-order valence-corrected chi connectivity index (χ1v) is 32.4. The van der Waals surface area contributed by atoms with Crippen LogP contribution >= 0.6 is 0 Å². The lowest BCUT2D eigenvalue weighted by Crippen LogP contribution is -2.54. The number of carbonyl (C=O) groups excluding carboxylic acids is 8. The van der Waals surface area contributed by atoms with Gasteiger partial charge in [-0.15, -0.1) is 0 Å². The molecule has 4 aromatic carbocycles. The zero-order chi connectivity index (χ0) is 72.9. The summed E-state index contributed by atoms with van der Waals surface area (Å²) in [5.41, 5.74) is -1.08. The Morgan fingerprint density at radius 2 is 0.416 bits per heavy atom. The van der Waals surface area contributed by atoms with Crippen LogP contribution in [-0.2, 0) is 58.0 Å². The van der Waals surface area contributed by atoms with Gasteiger partial charge in [0.2, 0.25) is 23.0 Å². The van der Waals surface area contributed by atoms with Crippen LogP contribution in [0.1, 0.15) is 144 Å². The second-order valence-corrected chi connectivity index (χ2v) is 23.7. The molecule has 32 heteroatoms. The van der Waals surface area contributed by atoms with Crippen molar-refractivity contribution in [2.24, 2.45) is 29.1 Å². The normalized spacial score (nSPS) is 20.6. The summed E-state index contributed by atoms with van der Waals surface area (Å²) in [6.45, 7) is 0. The Bertz CT molecular complexity index is 3080. The molecule has 0 spiro atoms. The van der Waals surface area contributed by atoms with Crippen molar-refractivity contribution in [1.29, 1.82) is 0 Å². The van der Waals surface area contributed by atoms with E-state index in [1.165, 1.54) is 134 Å². The van der Waals surface area contributed by atoms with Gasteiger partial charge in [-0.3, -0.25) is 0 Å². The van der Waals surface area contributed by atoms with Crippen LogP contribution in [0.3, 0.4) is 0 Å². The van der Waals surface area contributed by atoms with E-state index in [0.717, 1.165) is 0 Å². The summed E-state index contributed by atoms with van der Waals surface area (Å²) in [5.74, 6) is -3.26. The lowest BCUT2D eigenvalue weighted by atomic mass is 9.45. The van der Waals surface area contributed by atoms with Crippen molar-refractivity contribution < 1.29 is 153 Å². The minimum absolute atomic E-state index is 0.0288. The lowest BCUT2D eigenvalue weighted by molar-refractivity contribution is -0.213. The summed E-state index contributed by atoms with van der Waals surface area (Å²) in [6.07, 6.45) is -0.751. The second kappa shape index (κ2) is 36.0. The molecule has 32 nitrogen and oxygen atoms in total. The lowest BCUT2D eigenvalue weighted by Gasteiger charge is -2.60. The van der Waals surface area contributed by atoms with Gasteiger partial charge in [0.15, 0.2) is 46.0 Å². The number of hydrogen-bond acceptors (Lipinski definition) is 32. The summed E-state index contributed by atoms with van der Waals surface area (Å²) < 4.78 is 87.6. The summed E-state index contributed by atoms with van der Waals surface area (Å²) >= 11 is 0. The van der Waals surface area contributed by atoms with Crippen LogP contribution in [0.15, 0.2) is 48.5 Å². The maximum Gasteiger partial charge on any atom is 0.550 e. The molecule has 0 heterocycles. The minimum Gasteiger partial charge on any atom is -0.493 e. The first kappa shape index (κ1) is 76.2. The number of hydrogen-bond donors (Lipinski definition) is 0. The highest BCUT2D eigenvalue weighted by atomic mass is 17.3. The van der Waals surface area contributed by atoms with Gasteiger partial charge in [-0.05, 0) is 180 Å². The Morgan fingerprint density at radius 3 is 0.574 bits per heavy atom. The molecule has 0 radical (unpaired) electrons. The van der Waals surface area contributed by atoms with Crippen molar-refractivity contribution in [2.75, 3.05) is 85.3 Å². The van der Waals surface area contributed by atoms with Gasteiger partial charge in [0.05, 0.1) is 85.3 Å². The molecule has 0 atom stereocenters.